The molecule has 7 heteroatoms. The fourth-order valence-electron chi connectivity index (χ4n) is 4.53. The van der Waals surface area contributed by atoms with E-state index in [4.69, 9.17) is 14.5 Å². The third-order valence-electron chi connectivity index (χ3n) is 6.46. The molecule has 0 spiro atoms. The topological polar surface area (TPSA) is 67.8 Å². The molecule has 2 fully saturated rings. The van der Waals surface area contributed by atoms with E-state index in [1.807, 2.05) is 43.4 Å². The fourth-order valence-corrected chi connectivity index (χ4v) is 4.53. The molecule has 31 heavy (non-hydrogen) atoms. The normalized spacial score (nSPS) is 19.0. The third kappa shape index (κ3) is 4.05. The summed E-state index contributed by atoms with van der Waals surface area (Å²) in [6.07, 6.45) is 8.00. The molecular weight excluding hydrogens is 392 g/mol. The number of nitrogens with zero attached hydrogens (tertiary/aromatic N) is 4. The molecule has 1 saturated heterocycles. The molecule has 1 aromatic carbocycles. The first kappa shape index (κ1) is 21.4. The number of amides is 1. The van der Waals surface area contributed by atoms with Crippen LogP contribution in [0.15, 0.2) is 24.4 Å². The van der Waals surface area contributed by atoms with Gasteiger partial charge in [-0.3, -0.25) is 4.79 Å². The van der Waals surface area contributed by atoms with Crippen molar-refractivity contribution in [2.45, 2.75) is 44.6 Å². The van der Waals surface area contributed by atoms with Gasteiger partial charge in [-0.05, 0) is 44.2 Å². The number of piperidine rings is 1. The number of aromatic nitrogens is 2. The molecule has 0 radical (unpaired) electrons. The molecule has 2 heterocycles. The van der Waals surface area contributed by atoms with Gasteiger partial charge < -0.3 is 19.3 Å². The number of methoxy groups -OCH3 is 2. The number of likely N-dealkylation sites (tertiary alicyclic amines) is 1. The van der Waals surface area contributed by atoms with Crippen LogP contribution in [-0.2, 0) is 4.79 Å². The van der Waals surface area contributed by atoms with Crippen LogP contribution in [0.1, 0.15) is 50.3 Å². The van der Waals surface area contributed by atoms with Crippen LogP contribution < -0.4 is 14.4 Å². The first-order valence-corrected chi connectivity index (χ1v) is 11.1. The monoisotopic (exact) mass is 424 g/mol. The van der Waals surface area contributed by atoms with Crippen molar-refractivity contribution in [1.82, 2.24) is 14.9 Å². The lowest BCUT2D eigenvalue weighted by atomic mass is 9.83. The molecule has 2 aromatic rings. The maximum atomic E-state index is 13.3. The summed E-state index contributed by atoms with van der Waals surface area (Å²) in [5.41, 5.74) is 2.56. The molecule has 1 saturated carbocycles. The summed E-state index contributed by atoms with van der Waals surface area (Å²) >= 11 is 0. The summed E-state index contributed by atoms with van der Waals surface area (Å²) in [6, 6.07) is 5.66. The summed E-state index contributed by atoms with van der Waals surface area (Å²) in [4.78, 5) is 26.8. The first-order chi connectivity index (χ1) is 15.0. The van der Waals surface area contributed by atoms with Gasteiger partial charge in [0.05, 0.1) is 31.5 Å². The van der Waals surface area contributed by atoms with E-state index in [1.54, 1.807) is 14.2 Å². The van der Waals surface area contributed by atoms with Gasteiger partial charge in [-0.15, -0.1) is 0 Å². The summed E-state index contributed by atoms with van der Waals surface area (Å²) in [5.74, 6) is 2.48. The number of benzene rings is 1. The SMILES string of the molecule is COc1cccc(OC)c1-c1cnc(N(C)C)nc1[C@@H]1CCCCN1C(=O)C1CCC1. The predicted octanol–water partition coefficient (Wildman–Crippen LogP) is 4.08. The fraction of sp³-hybridized carbons (Fsp3) is 0.542. The zero-order chi connectivity index (χ0) is 22.0. The van der Waals surface area contributed by atoms with Gasteiger partial charge in [0.25, 0.3) is 0 Å². The van der Waals surface area contributed by atoms with E-state index in [9.17, 15) is 4.79 Å². The van der Waals surface area contributed by atoms with Crippen molar-refractivity contribution in [3.05, 3.63) is 30.1 Å². The largest absolute Gasteiger partial charge is 0.496 e. The number of carbonyl (C=O) groups excluding carboxylic acids is 1. The van der Waals surface area contributed by atoms with Crippen molar-refractivity contribution in [3.8, 4) is 22.6 Å². The Morgan fingerprint density at radius 1 is 1.06 bits per heavy atom. The van der Waals surface area contributed by atoms with Crippen LogP contribution in [0.2, 0.25) is 0 Å². The molecule has 0 unspecified atom stereocenters. The lowest BCUT2D eigenvalue weighted by molar-refractivity contribution is -0.142. The molecule has 1 aromatic heterocycles. The molecule has 7 nitrogen and oxygen atoms in total. The van der Waals surface area contributed by atoms with Crippen molar-refractivity contribution in [2.24, 2.45) is 5.92 Å². The van der Waals surface area contributed by atoms with Crippen LogP contribution in [0.4, 0.5) is 5.95 Å². The average molecular weight is 425 g/mol. The number of carbonyl (C=O) groups is 1. The lowest BCUT2D eigenvalue weighted by Crippen LogP contribution is -2.44. The number of rotatable bonds is 6. The summed E-state index contributed by atoms with van der Waals surface area (Å²) in [6.45, 7) is 0.782. The van der Waals surface area contributed by atoms with Crippen LogP contribution in [-0.4, -0.2) is 55.6 Å². The van der Waals surface area contributed by atoms with Crippen LogP contribution >= 0.6 is 0 Å². The number of ether oxygens (including phenoxy) is 2. The molecule has 0 N–H and O–H groups in total. The highest BCUT2D eigenvalue weighted by molar-refractivity contribution is 5.82. The Hall–Kier alpha value is -2.83. The zero-order valence-corrected chi connectivity index (χ0v) is 18.9. The summed E-state index contributed by atoms with van der Waals surface area (Å²) in [7, 11) is 7.17. The maximum Gasteiger partial charge on any atom is 0.226 e. The number of hydrogen-bond donors (Lipinski definition) is 0. The molecule has 2 aliphatic rings. The van der Waals surface area contributed by atoms with Crippen molar-refractivity contribution in [3.63, 3.8) is 0 Å². The number of hydrogen-bond acceptors (Lipinski definition) is 6. The summed E-state index contributed by atoms with van der Waals surface area (Å²) < 4.78 is 11.3. The standard InChI is InChI=1S/C24H32N4O3/c1-27(2)24-25-15-17(21-19(30-3)12-8-13-20(21)31-4)22(26-24)18-11-5-6-14-28(18)23(29)16-9-7-10-16/h8,12-13,15-16,18H,5-7,9-11,14H2,1-4H3/t18-/m0/s1. The van der Waals surface area contributed by atoms with E-state index in [1.165, 1.54) is 0 Å². The smallest absolute Gasteiger partial charge is 0.226 e. The van der Waals surface area contributed by atoms with E-state index in [0.717, 1.165) is 61.9 Å². The minimum atomic E-state index is -0.0758. The van der Waals surface area contributed by atoms with Crippen molar-refractivity contribution < 1.29 is 14.3 Å². The maximum absolute atomic E-state index is 13.3. The molecule has 1 atom stereocenters. The van der Waals surface area contributed by atoms with Gasteiger partial charge in [0.15, 0.2) is 0 Å². The Balaban J connectivity index is 1.86. The van der Waals surface area contributed by atoms with Crippen molar-refractivity contribution >= 4 is 11.9 Å². The lowest BCUT2D eigenvalue weighted by Gasteiger charge is -2.40. The van der Waals surface area contributed by atoms with E-state index in [2.05, 4.69) is 9.88 Å². The van der Waals surface area contributed by atoms with Crippen LogP contribution in [0.3, 0.4) is 0 Å². The quantitative estimate of drug-likeness (QED) is 0.696. The Kier molecular flexibility index (Phi) is 6.30. The van der Waals surface area contributed by atoms with Crippen LogP contribution in [0.5, 0.6) is 11.5 Å². The van der Waals surface area contributed by atoms with Gasteiger partial charge >= 0.3 is 0 Å². The molecule has 1 amide bonds. The van der Waals surface area contributed by atoms with Gasteiger partial charge in [0.1, 0.15) is 11.5 Å². The van der Waals surface area contributed by atoms with E-state index >= 15 is 0 Å². The summed E-state index contributed by atoms with van der Waals surface area (Å²) in [5, 5.41) is 0. The van der Waals surface area contributed by atoms with Crippen LogP contribution in [0.25, 0.3) is 11.1 Å². The highest BCUT2D eigenvalue weighted by Crippen LogP contribution is 2.44. The molecule has 4 rings (SSSR count). The highest BCUT2D eigenvalue weighted by atomic mass is 16.5. The second kappa shape index (κ2) is 9.12. The van der Waals surface area contributed by atoms with Gasteiger partial charge in [0.2, 0.25) is 11.9 Å². The number of anilines is 1. The van der Waals surface area contributed by atoms with Crippen LogP contribution in [0, 0.1) is 5.92 Å². The highest BCUT2D eigenvalue weighted by Gasteiger charge is 2.37. The van der Waals surface area contributed by atoms with E-state index < -0.39 is 0 Å². The Bertz CT molecular complexity index is 920. The van der Waals surface area contributed by atoms with Gasteiger partial charge in [-0.1, -0.05) is 12.5 Å². The van der Waals surface area contributed by atoms with Gasteiger partial charge in [-0.2, -0.15) is 0 Å². The predicted molar refractivity (Wildman–Crippen MR) is 121 cm³/mol. The minimum absolute atomic E-state index is 0.0758. The van der Waals surface area contributed by atoms with Crippen molar-refractivity contribution in [2.75, 3.05) is 39.8 Å². The molecular formula is C24H32N4O3. The second-order valence-corrected chi connectivity index (χ2v) is 8.57. The Labute approximate surface area is 184 Å². The zero-order valence-electron chi connectivity index (χ0n) is 18.9. The Morgan fingerprint density at radius 3 is 2.35 bits per heavy atom. The van der Waals surface area contributed by atoms with Gasteiger partial charge in [0, 0.05) is 38.3 Å². The second-order valence-electron chi connectivity index (χ2n) is 8.57. The average Bonchev–Trinajstić information content (AvgIpc) is 2.76. The molecule has 1 aliphatic heterocycles. The van der Waals surface area contributed by atoms with Gasteiger partial charge in [-0.25, -0.2) is 9.97 Å². The molecule has 1 aliphatic carbocycles. The molecule has 166 valence electrons. The van der Waals surface area contributed by atoms with Crippen molar-refractivity contribution in [1.29, 1.82) is 0 Å². The van der Waals surface area contributed by atoms with E-state index in [0.29, 0.717) is 17.4 Å². The third-order valence-corrected chi connectivity index (χ3v) is 6.46. The van der Waals surface area contributed by atoms with E-state index in [-0.39, 0.29) is 17.9 Å². The Morgan fingerprint density at radius 2 is 1.77 bits per heavy atom. The minimum Gasteiger partial charge on any atom is -0.496 e. The molecule has 0 bridgehead atoms. The first-order valence-electron chi connectivity index (χ1n) is 11.1.